The van der Waals surface area contributed by atoms with Crippen LogP contribution in [0.15, 0.2) is 12.1 Å². The Morgan fingerprint density at radius 1 is 0.340 bits per heavy atom. The van der Waals surface area contributed by atoms with Gasteiger partial charge in [-0.15, -0.1) is 0 Å². The molecule has 0 spiro atoms. The van der Waals surface area contributed by atoms with Crippen molar-refractivity contribution in [2.24, 2.45) is 0 Å². The number of rotatable bonds is 10. The Morgan fingerprint density at radius 3 is 0.745 bits per heavy atom. The summed E-state index contributed by atoms with van der Waals surface area (Å²) in [6.45, 7) is 1.38. The van der Waals surface area contributed by atoms with Crippen LogP contribution in [0.5, 0.6) is 0 Å². The Labute approximate surface area is 405 Å². The van der Waals surface area contributed by atoms with Crippen molar-refractivity contribution in [2.75, 3.05) is 0 Å². The molecule has 0 atom stereocenters. The third-order valence-corrected chi connectivity index (χ3v) is 22.3. The van der Waals surface area contributed by atoms with E-state index < -0.39 is 67.1 Å². The van der Waals surface area contributed by atoms with Gasteiger partial charge in [-0.2, -0.15) is 0 Å². The summed E-state index contributed by atoms with van der Waals surface area (Å²) >= 11 is 172. The SMILES string of the molecule is C[CH]c1c(C(Cl)(Cl)C(Cl)(Cl)C(Cl)(Cl)C(Cl)(Cl)Cl)cc(C(Cl)(Cl)C(Cl)(Cl)C(Cl)(Cl)C(Cl)(Cl)Cl)cc1C(Cl)(Cl)C(Cl)(Cl)C(Cl)(Cl)C(Cl)(Cl)Cl. The average Bonchev–Trinajstić information content (AvgIpc) is 2.84. The van der Waals surface area contributed by atoms with Crippen LogP contribution in [0.2, 0.25) is 0 Å². The van der Waals surface area contributed by atoms with E-state index in [-0.39, 0.29) is 5.56 Å². The fourth-order valence-corrected chi connectivity index (χ4v) is 10.1. The Hall–Kier alpha value is 7.05. The summed E-state index contributed by atoms with van der Waals surface area (Å²) in [7, 11) is 0. The Balaban J connectivity index is 4.67. The topological polar surface area (TPSA) is 0 Å². The largest absolute Gasteiger partial charge is 0.226 e. The molecule has 1 rings (SSSR count). The van der Waals surface area contributed by atoms with Crippen molar-refractivity contribution in [2.45, 2.75) is 57.3 Å². The predicted molar refractivity (Wildman–Crippen MR) is 223 cm³/mol. The molecule has 1 aromatic rings. The van der Waals surface area contributed by atoms with Crippen LogP contribution >= 0.6 is 313 Å². The number of benzene rings is 1. The summed E-state index contributed by atoms with van der Waals surface area (Å²) in [6, 6.07) is 1.92. The highest BCUT2D eigenvalue weighted by atomic mass is 35.6. The molecule has 275 valence electrons. The van der Waals surface area contributed by atoms with Crippen molar-refractivity contribution >= 4 is 313 Å². The van der Waals surface area contributed by atoms with Crippen molar-refractivity contribution in [3.8, 4) is 0 Å². The Morgan fingerprint density at radius 2 is 0.553 bits per heavy atom. The van der Waals surface area contributed by atoms with Crippen LogP contribution in [-0.2, 0) is 13.0 Å². The van der Waals surface area contributed by atoms with Crippen LogP contribution < -0.4 is 0 Å². The molecule has 0 saturated heterocycles. The lowest BCUT2D eigenvalue weighted by atomic mass is 9.87. The predicted octanol–water partition coefficient (Wildman–Crippen LogP) is 18.3. The molecular formula is C20H6Cl27. The maximum absolute atomic E-state index is 6.83. The van der Waals surface area contributed by atoms with Crippen molar-refractivity contribution < 1.29 is 0 Å². The van der Waals surface area contributed by atoms with Crippen LogP contribution in [0.4, 0.5) is 0 Å². The van der Waals surface area contributed by atoms with Gasteiger partial charge in [0.1, 0.15) is 0 Å². The second-order valence-electron chi connectivity index (χ2n) is 8.94. The summed E-state index contributed by atoms with van der Waals surface area (Å²) in [5, 5.41) is 0. The van der Waals surface area contributed by atoms with E-state index in [0.717, 1.165) is 12.1 Å². The van der Waals surface area contributed by atoms with E-state index in [0.29, 0.717) is 0 Å². The Bertz CT molecular complexity index is 1230. The molecule has 0 bridgehead atoms. The first-order valence-electron chi connectivity index (χ1n) is 10.6. The molecule has 0 aromatic heterocycles. The minimum absolute atomic E-state index is 0.259. The molecule has 0 aliphatic carbocycles. The highest BCUT2D eigenvalue weighted by molar-refractivity contribution is 6.82. The van der Waals surface area contributed by atoms with Crippen molar-refractivity contribution in [1.82, 2.24) is 0 Å². The number of alkyl halides is 27. The van der Waals surface area contributed by atoms with E-state index >= 15 is 0 Å². The minimum Gasteiger partial charge on any atom is -0.0943 e. The quantitative estimate of drug-likeness (QED) is 0.205. The zero-order valence-corrected chi connectivity index (χ0v) is 41.3. The van der Waals surface area contributed by atoms with Crippen LogP contribution in [-0.4, -0.2) is 37.4 Å². The first-order valence-corrected chi connectivity index (χ1v) is 20.8. The van der Waals surface area contributed by atoms with E-state index in [9.17, 15) is 0 Å². The normalized spacial score (nSPS) is 16.2. The zero-order valence-electron chi connectivity index (χ0n) is 20.9. The Kier molecular flexibility index (Phi) is 18.0. The number of hydrogen-bond acceptors (Lipinski definition) is 0. The molecule has 0 heterocycles. The van der Waals surface area contributed by atoms with Crippen molar-refractivity contribution in [3.05, 3.63) is 40.8 Å². The minimum atomic E-state index is -2.94. The van der Waals surface area contributed by atoms with E-state index in [2.05, 4.69) is 0 Å². The van der Waals surface area contributed by atoms with Gasteiger partial charge in [0, 0.05) is 0 Å². The molecule has 47 heavy (non-hydrogen) atoms. The van der Waals surface area contributed by atoms with Gasteiger partial charge >= 0.3 is 0 Å². The van der Waals surface area contributed by atoms with Gasteiger partial charge < -0.3 is 0 Å². The van der Waals surface area contributed by atoms with Crippen molar-refractivity contribution in [1.29, 1.82) is 0 Å². The van der Waals surface area contributed by atoms with Gasteiger partial charge in [-0.1, -0.05) is 320 Å². The molecule has 1 radical (unpaired) electrons. The summed E-state index contributed by atoms with van der Waals surface area (Å²) < 4.78 is -34.0. The third-order valence-electron chi connectivity index (χ3n) is 5.94. The summed E-state index contributed by atoms with van der Waals surface area (Å²) in [5.74, 6) is 0. The number of halogens is 27. The van der Waals surface area contributed by atoms with E-state index in [1.165, 1.54) is 13.3 Å². The van der Waals surface area contributed by atoms with Crippen molar-refractivity contribution in [3.63, 3.8) is 0 Å². The standard InChI is InChI=1S/C20H6Cl27/c1-2-6-7(10(23,24)13(29,30)16(35,36)19(42,43)44)3-5(9(21,22)12(27,28)15(33,34)18(39,40)41)4-8(6)11(25,26)14(31,32)17(37,38)20(45,46)47/h2-4H,1H3. The van der Waals surface area contributed by atoms with Crippen LogP contribution in [0.1, 0.15) is 29.2 Å². The molecule has 0 nitrogen and oxygen atoms in total. The van der Waals surface area contributed by atoms with Gasteiger partial charge in [-0.3, -0.25) is 0 Å². The molecular weight excluding hydrogens is 1200 g/mol. The summed E-state index contributed by atoms with van der Waals surface area (Å²) in [6.07, 6.45) is 1.24. The van der Waals surface area contributed by atoms with Crippen LogP contribution in [0.3, 0.4) is 0 Å². The second kappa shape index (κ2) is 16.2. The molecule has 1 aromatic carbocycles. The monoisotopic (exact) mass is 1190 g/mol. The molecule has 0 aliphatic heterocycles. The van der Waals surface area contributed by atoms with E-state index in [1.54, 1.807) is 0 Å². The van der Waals surface area contributed by atoms with Gasteiger partial charge in [0.15, 0.2) is 26.0 Å². The highest BCUT2D eigenvalue weighted by Crippen LogP contribution is 2.70. The second-order valence-corrected chi connectivity index (χ2v) is 27.7. The number of hydrogen-bond donors (Lipinski definition) is 0. The first-order chi connectivity index (χ1) is 20.0. The van der Waals surface area contributed by atoms with Gasteiger partial charge in [-0.05, 0) is 40.8 Å². The zero-order chi connectivity index (χ0) is 38.4. The van der Waals surface area contributed by atoms with E-state index in [1.807, 2.05) is 0 Å². The molecule has 27 heteroatoms. The average molecular weight is 1200 g/mol. The fourth-order valence-electron chi connectivity index (χ4n) is 3.31. The highest BCUT2D eigenvalue weighted by Gasteiger charge is 2.73. The summed E-state index contributed by atoms with van der Waals surface area (Å²) in [5.41, 5.74) is -1.83. The molecule has 0 amide bonds. The molecule has 0 fully saturated rings. The van der Waals surface area contributed by atoms with Gasteiger partial charge in [0.2, 0.25) is 24.4 Å². The lowest BCUT2D eigenvalue weighted by Gasteiger charge is -2.48. The van der Waals surface area contributed by atoms with Gasteiger partial charge in [0.05, 0.1) is 0 Å². The van der Waals surface area contributed by atoms with E-state index in [4.69, 9.17) is 313 Å². The lowest BCUT2D eigenvalue weighted by molar-refractivity contribution is 0.576. The lowest BCUT2D eigenvalue weighted by Crippen LogP contribution is -2.57. The molecule has 0 unspecified atom stereocenters. The first kappa shape index (κ1) is 52.1. The molecule has 0 saturated carbocycles. The smallest absolute Gasteiger partial charge is 0.0943 e. The molecule has 0 N–H and O–H groups in total. The molecule has 0 aliphatic rings. The van der Waals surface area contributed by atoms with Gasteiger partial charge in [0.25, 0.3) is 0 Å². The third kappa shape index (κ3) is 8.98. The maximum atomic E-state index is 6.83. The maximum Gasteiger partial charge on any atom is 0.226 e. The van der Waals surface area contributed by atoms with Gasteiger partial charge in [-0.25, -0.2) is 0 Å². The van der Waals surface area contributed by atoms with Crippen LogP contribution in [0.25, 0.3) is 0 Å². The van der Waals surface area contributed by atoms with Crippen LogP contribution in [0, 0.1) is 6.42 Å². The summed E-state index contributed by atoms with van der Waals surface area (Å²) in [4.78, 5) is 0. The fraction of sp³-hybridized carbons (Fsp3) is 0.650.